The zero-order valence-corrected chi connectivity index (χ0v) is 14.0. The van der Waals surface area contributed by atoms with Crippen molar-refractivity contribution in [3.8, 4) is 11.1 Å². The molecule has 0 atom stereocenters. The van der Waals surface area contributed by atoms with E-state index in [0.717, 1.165) is 44.3 Å². The lowest BCUT2D eigenvalue weighted by molar-refractivity contribution is 1.11. The Balaban J connectivity index is 1.56. The topological polar surface area (TPSA) is 57.4 Å². The van der Waals surface area contributed by atoms with Gasteiger partial charge in [0.05, 0.1) is 11.2 Å². The van der Waals surface area contributed by atoms with Crippen LogP contribution >= 0.6 is 0 Å². The van der Waals surface area contributed by atoms with Gasteiger partial charge >= 0.3 is 0 Å². The van der Waals surface area contributed by atoms with Gasteiger partial charge in [-0.25, -0.2) is 4.98 Å². The number of rotatable bonds is 3. The molecule has 2 N–H and O–H groups in total. The Hall–Kier alpha value is -3.66. The third-order valence-electron chi connectivity index (χ3n) is 4.60. The summed E-state index contributed by atoms with van der Waals surface area (Å²) in [5.41, 5.74) is 6.33. The van der Waals surface area contributed by atoms with E-state index in [4.69, 9.17) is 0 Å². The van der Waals surface area contributed by atoms with Crippen LogP contribution in [0.25, 0.3) is 45.2 Å². The average Bonchev–Trinajstić information content (AvgIpc) is 3.33. The molecule has 124 valence electrons. The molecule has 0 aliphatic heterocycles. The Morgan fingerprint density at radius 3 is 2.69 bits per heavy atom. The number of benzene rings is 2. The largest absolute Gasteiger partial charge is 0.346 e. The lowest BCUT2D eigenvalue weighted by Crippen LogP contribution is -1.82. The maximum Gasteiger partial charge on any atom is 0.137 e. The number of hydrogen-bond acceptors (Lipinski definition) is 2. The quantitative estimate of drug-likeness (QED) is 0.471. The van der Waals surface area contributed by atoms with Crippen molar-refractivity contribution < 1.29 is 0 Å². The van der Waals surface area contributed by atoms with Gasteiger partial charge in [-0.3, -0.25) is 5.10 Å². The standard InChI is InChI=1S/C22H16N4/c1-2-4-15(5-3-1)6-9-20-19-8-7-16(14-21(19)26-25-20)17-10-12-23-22-18(17)11-13-24-22/h1-14H,(H,23,24)(H,25,26)/b9-6+. The molecule has 4 heteroatoms. The smallest absolute Gasteiger partial charge is 0.137 e. The van der Waals surface area contributed by atoms with Crippen LogP contribution in [0.4, 0.5) is 0 Å². The maximum atomic E-state index is 4.47. The fourth-order valence-corrected chi connectivity index (χ4v) is 3.29. The summed E-state index contributed by atoms with van der Waals surface area (Å²) in [5, 5.41) is 9.85. The minimum absolute atomic E-state index is 0.902. The molecule has 0 bridgehead atoms. The molecule has 5 rings (SSSR count). The van der Waals surface area contributed by atoms with Gasteiger partial charge in [-0.2, -0.15) is 5.10 Å². The minimum atomic E-state index is 0.902. The molecule has 0 saturated carbocycles. The number of hydrogen-bond donors (Lipinski definition) is 2. The molecular weight excluding hydrogens is 320 g/mol. The number of aromatic nitrogens is 4. The Bertz CT molecular complexity index is 1230. The molecule has 0 amide bonds. The van der Waals surface area contributed by atoms with Crippen molar-refractivity contribution in [1.29, 1.82) is 0 Å². The molecule has 0 aliphatic carbocycles. The van der Waals surface area contributed by atoms with E-state index in [9.17, 15) is 0 Å². The minimum Gasteiger partial charge on any atom is -0.346 e. The van der Waals surface area contributed by atoms with Crippen molar-refractivity contribution in [3.05, 3.63) is 84.3 Å². The van der Waals surface area contributed by atoms with Gasteiger partial charge in [0, 0.05) is 23.2 Å². The fourth-order valence-electron chi connectivity index (χ4n) is 3.29. The molecule has 26 heavy (non-hydrogen) atoms. The number of fused-ring (bicyclic) bond motifs is 2. The highest BCUT2D eigenvalue weighted by molar-refractivity contribution is 5.97. The molecule has 4 nitrogen and oxygen atoms in total. The van der Waals surface area contributed by atoms with Crippen molar-refractivity contribution in [2.75, 3.05) is 0 Å². The second-order valence-corrected chi connectivity index (χ2v) is 6.21. The van der Waals surface area contributed by atoms with Crippen molar-refractivity contribution in [2.24, 2.45) is 0 Å². The van der Waals surface area contributed by atoms with E-state index in [1.807, 2.05) is 42.7 Å². The third kappa shape index (κ3) is 2.48. The van der Waals surface area contributed by atoms with Crippen molar-refractivity contribution in [2.45, 2.75) is 0 Å². The van der Waals surface area contributed by atoms with E-state index >= 15 is 0 Å². The number of nitrogens with zero attached hydrogens (tertiary/aromatic N) is 2. The van der Waals surface area contributed by atoms with Crippen LogP contribution in [0, 0.1) is 0 Å². The Morgan fingerprint density at radius 1 is 0.846 bits per heavy atom. The van der Waals surface area contributed by atoms with Crippen LogP contribution < -0.4 is 0 Å². The lowest BCUT2D eigenvalue weighted by Gasteiger charge is -2.03. The zero-order valence-electron chi connectivity index (χ0n) is 14.0. The number of nitrogens with one attached hydrogen (secondary N) is 2. The monoisotopic (exact) mass is 336 g/mol. The fraction of sp³-hybridized carbons (Fsp3) is 0. The maximum absolute atomic E-state index is 4.47. The van der Waals surface area contributed by atoms with E-state index in [2.05, 4.69) is 62.6 Å². The number of H-pyrrole nitrogens is 2. The number of aromatic amines is 2. The van der Waals surface area contributed by atoms with Crippen LogP contribution in [0.2, 0.25) is 0 Å². The normalized spacial score (nSPS) is 11.7. The first-order valence-corrected chi connectivity index (χ1v) is 8.52. The lowest BCUT2D eigenvalue weighted by atomic mass is 10.0. The first-order chi connectivity index (χ1) is 12.9. The summed E-state index contributed by atoms with van der Waals surface area (Å²) in [6, 6.07) is 20.7. The summed E-state index contributed by atoms with van der Waals surface area (Å²) in [4.78, 5) is 7.52. The Labute approximate surface area is 150 Å². The molecule has 0 aliphatic rings. The second kappa shape index (κ2) is 6.01. The predicted octanol–water partition coefficient (Wildman–Crippen LogP) is 5.28. The van der Waals surface area contributed by atoms with Crippen LogP contribution in [0.3, 0.4) is 0 Å². The molecule has 0 unspecified atom stereocenters. The predicted molar refractivity (Wildman–Crippen MR) is 107 cm³/mol. The molecule has 3 aromatic heterocycles. The van der Waals surface area contributed by atoms with Crippen LogP contribution in [0.1, 0.15) is 11.3 Å². The van der Waals surface area contributed by atoms with E-state index in [0.29, 0.717) is 0 Å². The van der Waals surface area contributed by atoms with Gasteiger partial charge in [0.1, 0.15) is 5.65 Å². The van der Waals surface area contributed by atoms with Crippen LogP contribution in [-0.2, 0) is 0 Å². The summed E-state index contributed by atoms with van der Waals surface area (Å²) in [6.07, 6.45) is 7.88. The molecule has 2 aromatic carbocycles. The van der Waals surface area contributed by atoms with Gasteiger partial charge in [-0.05, 0) is 47.0 Å². The van der Waals surface area contributed by atoms with Crippen molar-refractivity contribution in [3.63, 3.8) is 0 Å². The first-order valence-electron chi connectivity index (χ1n) is 8.52. The summed E-state index contributed by atoms with van der Waals surface area (Å²) >= 11 is 0. The van der Waals surface area contributed by atoms with E-state index < -0.39 is 0 Å². The van der Waals surface area contributed by atoms with Gasteiger partial charge in [0.15, 0.2) is 0 Å². The van der Waals surface area contributed by atoms with Crippen LogP contribution in [0.15, 0.2) is 73.1 Å². The Morgan fingerprint density at radius 2 is 1.77 bits per heavy atom. The molecule has 5 aromatic rings. The molecule has 0 radical (unpaired) electrons. The van der Waals surface area contributed by atoms with Crippen molar-refractivity contribution in [1.82, 2.24) is 20.2 Å². The van der Waals surface area contributed by atoms with Crippen LogP contribution in [-0.4, -0.2) is 20.2 Å². The SMILES string of the molecule is C(=C\c1n[nH]c2cc(-c3ccnc4[nH]ccc34)ccc12)/c1ccccc1. The highest BCUT2D eigenvalue weighted by atomic mass is 15.1. The molecule has 0 fully saturated rings. The highest BCUT2D eigenvalue weighted by Gasteiger charge is 2.08. The molecule has 0 saturated heterocycles. The zero-order chi connectivity index (χ0) is 17.3. The molecular formula is C22H16N4. The molecule has 3 heterocycles. The van der Waals surface area contributed by atoms with E-state index in [1.165, 1.54) is 0 Å². The summed E-state index contributed by atoms with van der Waals surface area (Å²) < 4.78 is 0. The van der Waals surface area contributed by atoms with Gasteiger partial charge in [-0.1, -0.05) is 42.5 Å². The average molecular weight is 336 g/mol. The summed E-state index contributed by atoms with van der Waals surface area (Å²) in [6.45, 7) is 0. The molecule has 0 spiro atoms. The third-order valence-corrected chi connectivity index (χ3v) is 4.60. The van der Waals surface area contributed by atoms with Gasteiger partial charge in [0.2, 0.25) is 0 Å². The first kappa shape index (κ1) is 14.7. The van der Waals surface area contributed by atoms with Crippen LogP contribution in [0.5, 0.6) is 0 Å². The van der Waals surface area contributed by atoms with Gasteiger partial charge in [-0.15, -0.1) is 0 Å². The van der Waals surface area contributed by atoms with Gasteiger partial charge < -0.3 is 4.98 Å². The number of pyridine rings is 1. The van der Waals surface area contributed by atoms with Crippen molar-refractivity contribution >= 4 is 34.1 Å². The highest BCUT2D eigenvalue weighted by Crippen LogP contribution is 2.30. The van der Waals surface area contributed by atoms with Gasteiger partial charge in [0.25, 0.3) is 0 Å². The summed E-state index contributed by atoms with van der Waals surface area (Å²) in [5.74, 6) is 0. The second-order valence-electron chi connectivity index (χ2n) is 6.21. The van der Waals surface area contributed by atoms with E-state index in [1.54, 1.807) is 0 Å². The summed E-state index contributed by atoms with van der Waals surface area (Å²) in [7, 11) is 0. The van der Waals surface area contributed by atoms with E-state index in [-0.39, 0.29) is 0 Å². The Kier molecular flexibility index (Phi) is 3.39.